The normalized spacial score (nSPS) is 12.7. The van der Waals surface area contributed by atoms with Crippen molar-refractivity contribution in [1.29, 1.82) is 0 Å². The zero-order chi connectivity index (χ0) is 99.8. The first-order valence-electron chi connectivity index (χ1n) is 46.5. The second-order valence-electron chi connectivity index (χ2n) is 37.9. The van der Waals surface area contributed by atoms with Crippen molar-refractivity contribution in [3.63, 3.8) is 0 Å². The Kier molecular flexibility index (Phi) is 65.6. The van der Waals surface area contributed by atoms with Gasteiger partial charge in [0.1, 0.15) is 0 Å². The predicted octanol–water partition coefficient (Wildman–Crippen LogP) is 31.7. The molecule has 0 aliphatic rings. The summed E-state index contributed by atoms with van der Waals surface area (Å²) in [4.78, 5) is 40.5. The van der Waals surface area contributed by atoms with Crippen LogP contribution in [0.15, 0.2) is 213 Å². The van der Waals surface area contributed by atoms with E-state index in [1.165, 1.54) is 153 Å². The molecule has 0 aliphatic carbocycles. The number of aromatic nitrogens is 6. The molecule has 0 amide bonds. The largest absolute Gasteiger partial charge is 0.361 e. The van der Waals surface area contributed by atoms with Gasteiger partial charge in [-0.05, 0) is 591 Å². The molecular weight excluding hydrogens is 2760 g/mol. The van der Waals surface area contributed by atoms with Gasteiger partial charge in [0.2, 0.25) is 0 Å². The molecule has 15 nitrogen and oxygen atoms in total. The zero-order valence-corrected chi connectivity index (χ0v) is 104. The number of H-pyrrole nitrogens is 6. The maximum Gasteiger partial charge on any atom is 0.0815 e. The molecule has 9 aromatic carbocycles. The molecule has 780 valence electrons. The van der Waals surface area contributed by atoms with Crippen LogP contribution in [0.4, 0.5) is 0 Å². The van der Waals surface area contributed by atoms with Crippen LogP contribution >= 0.6 is 203 Å². The van der Waals surface area contributed by atoms with Crippen LogP contribution in [0, 0.1) is 39.3 Å². The smallest absolute Gasteiger partial charge is 0.0815 e. The first-order valence-corrected chi connectivity index (χ1v) is 56.2. The van der Waals surface area contributed by atoms with E-state index in [0.29, 0.717) is 48.3 Å². The van der Waals surface area contributed by atoms with Gasteiger partial charge in [-0.1, -0.05) is 148 Å². The lowest BCUT2D eigenvalue weighted by Crippen LogP contribution is -2.26. The number of nitrogens with zero attached hydrogens (tertiary/aromatic N) is 9. The van der Waals surface area contributed by atoms with E-state index in [2.05, 4.69) is 679 Å². The highest BCUT2D eigenvalue weighted by Gasteiger charge is 2.19. The van der Waals surface area contributed by atoms with Crippen LogP contribution in [0.5, 0.6) is 0 Å². The van der Waals surface area contributed by atoms with Crippen LogP contribution in [0.25, 0.3) is 65.4 Å². The fourth-order valence-electron chi connectivity index (χ4n) is 14.6. The first kappa shape index (κ1) is 135. The Labute approximate surface area is 977 Å². The molecule has 0 aliphatic heterocycles. The van der Waals surface area contributed by atoms with Crippen LogP contribution in [-0.4, -0.2) is 256 Å². The van der Waals surface area contributed by atoms with E-state index in [1.807, 2.05) is 0 Å². The molecule has 0 unspecified atom stereocenters. The van der Waals surface area contributed by atoms with Crippen LogP contribution in [0.2, 0.25) is 0 Å². The summed E-state index contributed by atoms with van der Waals surface area (Å²) < 4.78 is 11.8. The summed E-state index contributed by atoms with van der Waals surface area (Å²) in [6.07, 6.45) is 18.5. The standard InChI is InChI=1S/5C13H17IN2.C12H15IN2.C12H18IN.2C11H16IN.6CH4/c1-9(16(2)3)6-10-8-15-13-5-4-11(14)7-12(10)13;1-9(16(2)3)6-10-8-15-13-7-11(14)4-5-12(10)13;1-9(16(2)3)7-10-8-15-12-6-4-5-11(14)13(10)12;1-9(16(2)3)7-10-8-15-13-11(10)5-4-6-12(13)14;1-9(16(2)3)8-11-10-6-4-5-7-12(10)15-13(11)14;1-15(2)8-7-10-9-5-3-4-6-11(9)14-12(10)13;1-9-5-6-11(8-12(9)13)7-10(2)14(3)4;1-9(13(2)3)7-10-5-4-6-11(12)8-10;1-9(13(2)3)8-10-6-4-5-7-11(10)12;;;;;;/h2*4-5,7-9,15H,6H2,1-3H3;2*4-6,8-9,15H,7H2,1-3H3;4-7,9,15H,8H2,1-3H3;3-6,14H,7-8H2,1-2H3;5-6,8,10H,7H2,1-4H3;4-6,8-9H,7H2,1-3H3;4-7,9H,8H2,1-3H3;6*1H4/t5*9-;;10-;2*9-;;;;;;/m11111.111....../s1. The zero-order valence-electron chi connectivity index (χ0n) is 84.8. The third-order valence-corrected chi connectivity index (χ3v) is 33.4. The van der Waals surface area contributed by atoms with Gasteiger partial charge in [-0.25, -0.2) is 0 Å². The van der Waals surface area contributed by atoms with E-state index in [9.17, 15) is 0 Å². The highest BCUT2D eigenvalue weighted by atomic mass is 127. The van der Waals surface area contributed by atoms with Crippen LogP contribution in [-0.2, 0) is 57.8 Å². The molecule has 0 saturated heterocycles. The minimum atomic E-state index is 0. The van der Waals surface area contributed by atoms with E-state index >= 15 is 0 Å². The third kappa shape index (κ3) is 44.5. The van der Waals surface area contributed by atoms with Crippen molar-refractivity contribution >= 4 is 269 Å². The topological polar surface area (TPSA) is 124 Å². The average molecular weight is 2930 g/mol. The fourth-order valence-corrected chi connectivity index (χ4v) is 20.5. The highest BCUT2D eigenvalue weighted by molar-refractivity contribution is 14.1. The maximum absolute atomic E-state index is 3.44. The van der Waals surface area contributed by atoms with Crippen LogP contribution in [0.3, 0.4) is 0 Å². The van der Waals surface area contributed by atoms with Gasteiger partial charge in [0.05, 0.1) is 12.9 Å². The first-order chi connectivity index (χ1) is 63.8. The van der Waals surface area contributed by atoms with Gasteiger partial charge in [0.15, 0.2) is 0 Å². The third-order valence-electron chi connectivity index (χ3n) is 25.6. The summed E-state index contributed by atoms with van der Waals surface area (Å²) in [6, 6.07) is 71.7. The lowest BCUT2D eigenvalue weighted by Gasteiger charge is -2.20. The van der Waals surface area contributed by atoms with Crippen LogP contribution < -0.4 is 0 Å². The number of para-hydroxylation sites is 3. The summed E-state index contributed by atoms with van der Waals surface area (Å²) in [5.74, 6) is 0. The van der Waals surface area contributed by atoms with E-state index < -0.39 is 0 Å². The van der Waals surface area contributed by atoms with Crippen molar-refractivity contribution in [2.24, 2.45) is 0 Å². The van der Waals surface area contributed by atoms with E-state index in [1.54, 1.807) is 0 Å². The summed E-state index contributed by atoms with van der Waals surface area (Å²) in [5.41, 5.74) is 21.7. The van der Waals surface area contributed by atoms with Crippen molar-refractivity contribution < 1.29 is 0 Å². The molecule has 6 heterocycles. The Bertz CT molecular complexity index is 6010. The van der Waals surface area contributed by atoms with Gasteiger partial charge in [0, 0.05) is 165 Å². The minimum absolute atomic E-state index is 0. The van der Waals surface area contributed by atoms with E-state index in [0.717, 1.165) is 64.3 Å². The van der Waals surface area contributed by atoms with E-state index in [-0.39, 0.29) is 44.6 Å². The number of fused-ring (bicyclic) bond motifs is 6. The molecule has 6 N–H and O–H groups in total. The monoisotopic (exact) mass is 2930 g/mol. The molecule has 15 rings (SSSR count). The quantitative estimate of drug-likeness (QED) is 0.0279. The highest BCUT2D eigenvalue weighted by Crippen LogP contribution is 2.32. The molecule has 0 fully saturated rings. The molecule has 6 aromatic heterocycles. The number of rotatable bonds is 27. The molecular formula is C117H174I9N15. The number of hydrogen-bond acceptors (Lipinski definition) is 9. The summed E-state index contributed by atoms with van der Waals surface area (Å²) in [6.45, 7) is 21.3. The lowest BCUT2D eigenvalue weighted by atomic mass is 10.1. The Balaban J connectivity index is 0.000000790. The molecule has 0 spiro atoms. The number of aromatic amines is 6. The average Bonchev–Trinajstić information content (AvgIpc) is 1.76. The van der Waals surface area contributed by atoms with Crippen molar-refractivity contribution in [2.75, 3.05) is 133 Å². The molecule has 0 saturated carbocycles. The van der Waals surface area contributed by atoms with Crippen molar-refractivity contribution in [1.82, 2.24) is 74.0 Å². The van der Waals surface area contributed by atoms with Crippen molar-refractivity contribution in [3.05, 3.63) is 301 Å². The maximum atomic E-state index is 3.44. The Morgan fingerprint density at radius 1 is 0.255 bits per heavy atom. The van der Waals surface area contributed by atoms with Gasteiger partial charge < -0.3 is 74.0 Å². The lowest BCUT2D eigenvalue weighted by molar-refractivity contribution is 0.312. The second-order valence-corrected chi connectivity index (χ2v) is 48.4. The Hall–Kier alpha value is -3.57. The molecule has 0 bridgehead atoms. The molecule has 24 heteroatoms. The number of likely N-dealkylation sites (N-methyl/N-ethyl adjacent to an activating group) is 9. The molecule has 15 aromatic rings. The Morgan fingerprint density at radius 3 is 1.13 bits per heavy atom. The fraction of sp³-hybridized carbons (Fsp3) is 0.436. The molecule has 8 atom stereocenters. The number of halogens is 9. The van der Waals surface area contributed by atoms with Gasteiger partial charge >= 0.3 is 0 Å². The van der Waals surface area contributed by atoms with Gasteiger partial charge in [-0.2, -0.15) is 0 Å². The van der Waals surface area contributed by atoms with Crippen molar-refractivity contribution in [2.45, 2.75) is 213 Å². The number of nitrogens with one attached hydrogen (secondary N) is 6. The second kappa shape index (κ2) is 68.3. The van der Waals surface area contributed by atoms with E-state index in [4.69, 9.17) is 0 Å². The summed E-state index contributed by atoms with van der Waals surface area (Å²) in [5, 5.41) is 8.19. The summed E-state index contributed by atoms with van der Waals surface area (Å²) >= 11 is 21.4. The van der Waals surface area contributed by atoms with Gasteiger partial charge in [-0.15, -0.1) is 0 Å². The minimum Gasteiger partial charge on any atom is -0.361 e. The molecule has 0 radical (unpaired) electrons. The summed E-state index contributed by atoms with van der Waals surface area (Å²) in [7, 11) is 38.3. The van der Waals surface area contributed by atoms with Crippen molar-refractivity contribution in [3.8, 4) is 0 Å². The Morgan fingerprint density at radius 2 is 0.624 bits per heavy atom. The SMILES string of the molecule is C.C.C.C.C.C.CN(C)CCc1c(I)[nH]c2ccccc12.C[C@H](Cc1c(I)[nH]c2ccccc12)N(C)C.C[C@H](Cc1c[nH]c2c(I)cccc12)N(C)C.C[C@H](Cc1c[nH]c2cc(I)ccc12)N(C)C.C[C@H](Cc1c[nH]c2ccc(I)cc12)N(C)C.C[C@H](Cc1c[nH]c2cccc(I)c12)N(C)C.C[C@H](Cc1cccc(I)c1)N(C)C.C[C@H](Cc1ccccc1I)N(C)C.Cc1ccc(C[C@@H](C)N(C)C)cc1I. The molecule has 141 heavy (non-hydrogen) atoms. The van der Waals surface area contributed by atoms with Crippen LogP contribution in [0.1, 0.15) is 156 Å². The number of benzene rings is 9. The number of hydrogen-bond donors (Lipinski definition) is 6. The predicted molar refractivity (Wildman–Crippen MR) is 706 cm³/mol. The van der Waals surface area contributed by atoms with Gasteiger partial charge in [-0.3, -0.25) is 0 Å². The van der Waals surface area contributed by atoms with Gasteiger partial charge in [0.25, 0.3) is 0 Å². The number of aryl methyl sites for hydroxylation is 1.